The number of rotatable bonds is 4. The van der Waals surface area contributed by atoms with E-state index in [9.17, 15) is 9.59 Å². The van der Waals surface area contributed by atoms with Gasteiger partial charge in [0.15, 0.2) is 0 Å². The van der Waals surface area contributed by atoms with Gasteiger partial charge in [-0.3, -0.25) is 14.7 Å². The Morgan fingerprint density at radius 3 is 2.68 bits per heavy atom. The number of carbonyl (C=O) groups is 2. The number of hydrogen-bond acceptors (Lipinski definition) is 4. The quantitative estimate of drug-likeness (QED) is 0.894. The molecular weight excluding hydrogens is 320 g/mol. The molecule has 7 nitrogen and oxygen atoms in total. The van der Waals surface area contributed by atoms with Crippen LogP contribution in [0.25, 0.3) is 0 Å². The molecule has 1 aromatic rings. The molecule has 0 radical (unpaired) electrons. The van der Waals surface area contributed by atoms with Gasteiger partial charge in [0.2, 0.25) is 5.91 Å². The normalized spacial score (nSPS) is 19.7. The standard InChI is InChI=1S/C18H28N4O3/c1-2-4-15-13-16(20-19-15)18(24)22-8-3-7-21(9-10-22)17(23)14-5-11-25-12-6-14/h13-14H,2-12H2,1H3,(H,19,20). The van der Waals surface area contributed by atoms with E-state index in [1.165, 1.54) is 0 Å². The number of nitrogens with one attached hydrogen (secondary N) is 1. The number of nitrogens with zero attached hydrogens (tertiary/aromatic N) is 3. The molecule has 7 heteroatoms. The van der Waals surface area contributed by atoms with Crippen molar-refractivity contribution in [2.45, 2.75) is 39.0 Å². The lowest BCUT2D eigenvalue weighted by atomic mass is 9.98. The van der Waals surface area contributed by atoms with Crippen molar-refractivity contribution in [2.75, 3.05) is 39.4 Å². The number of aromatic amines is 1. The van der Waals surface area contributed by atoms with E-state index in [-0.39, 0.29) is 17.7 Å². The number of carbonyl (C=O) groups excluding carboxylic acids is 2. The highest BCUT2D eigenvalue weighted by atomic mass is 16.5. The predicted molar refractivity (Wildman–Crippen MR) is 93.2 cm³/mol. The first-order valence-electron chi connectivity index (χ1n) is 9.39. The number of aromatic nitrogens is 2. The van der Waals surface area contributed by atoms with Gasteiger partial charge in [0.25, 0.3) is 5.91 Å². The van der Waals surface area contributed by atoms with Crippen LogP contribution in [0.1, 0.15) is 48.8 Å². The summed E-state index contributed by atoms with van der Waals surface area (Å²) in [7, 11) is 0. The van der Waals surface area contributed by atoms with E-state index in [0.29, 0.717) is 38.5 Å². The maximum Gasteiger partial charge on any atom is 0.274 e. The van der Waals surface area contributed by atoms with Gasteiger partial charge >= 0.3 is 0 Å². The minimum atomic E-state index is -0.0426. The van der Waals surface area contributed by atoms with E-state index in [4.69, 9.17) is 4.74 Å². The molecule has 25 heavy (non-hydrogen) atoms. The fourth-order valence-corrected chi connectivity index (χ4v) is 3.57. The van der Waals surface area contributed by atoms with Crippen LogP contribution in [0.15, 0.2) is 6.07 Å². The molecule has 0 spiro atoms. The molecule has 3 rings (SSSR count). The molecule has 0 aliphatic carbocycles. The molecule has 2 aliphatic heterocycles. The zero-order chi connectivity index (χ0) is 17.6. The maximum atomic E-state index is 12.7. The van der Waals surface area contributed by atoms with Gasteiger partial charge in [0.1, 0.15) is 5.69 Å². The highest BCUT2D eigenvalue weighted by Gasteiger charge is 2.29. The zero-order valence-corrected chi connectivity index (χ0v) is 15.0. The molecule has 0 bridgehead atoms. The molecule has 2 aliphatic rings. The lowest BCUT2D eigenvalue weighted by Gasteiger charge is -2.28. The number of H-pyrrole nitrogens is 1. The monoisotopic (exact) mass is 348 g/mol. The summed E-state index contributed by atoms with van der Waals surface area (Å²) in [4.78, 5) is 29.1. The molecule has 138 valence electrons. The molecular formula is C18H28N4O3. The van der Waals surface area contributed by atoms with Crippen molar-refractivity contribution in [3.05, 3.63) is 17.5 Å². The lowest BCUT2D eigenvalue weighted by Crippen LogP contribution is -2.41. The molecule has 0 aromatic carbocycles. The first-order valence-corrected chi connectivity index (χ1v) is 9.39. The topological polar surface area (TPSA) is 78.5 Å². The van der Waals surface area contributed by atoms with Gasteiger partial charge in [0.05, 0.1) is 0 Å². The second-order valence-electron chi connectivity index (χ2n) is 6.89. The minimum Gasteiger partial charge on any atom is -0.381 e. The zero-order valence-electron chi connectivity index (χ0n) is 15.0. The van der Waals surface area contributed by atoms with Crippen LogP contribution in [-0.2, 0) is 16.0 Å². The third-order valence-electron chi connectivity index (χ3n) is 5.03. The van der Waals surface area contributed by atoms with Gasteiger partial charge < -0.3 is 14.5 Å². The van der Waals surface area contributed by atoms with Gasteiger partial charge in [-0.1, -0.05) is 13.3 Å². The van der Waals surface area contributed by atoms with Crippen molar-refractivity contribution in [3.63, 3.8) is 0 Å². The molecule has 0 unspecified atom stereocenters. The van der Waals surface area contributed by atoms with Crippen LogP contribution in [0.3, 0.4) is 0 Å². The van der Waals surface area contributed by atoms with E-state index >= 15 is 0 Å². The van der Waals surface area contributed by atoms with Crippen molar-refractivity contribution in [3.8, 4) is 0 Å². The smallest absolute Gasteiger partial charge is 0.274 e. The van der Waals surface area contributed by atoms with Crippen LogP contribution in [0.2, 0.25) is 0 Å². The number of ether oxygens (including phenoxy) is 1. The summed E-state index contributed by atoms with van der Waals surface area (Å²) in [5.41, 5.74) is 1.48. The van der Waals surface area contributed by atoms with Crippen molar-refractivity contribution in [2.24, 2.45) is 5.92 Å². The van der Waals surface area contributed by atoms with E-state index in [1.54, 1.807) is 0 Å². The molecule has 1 N–H and O–H groups in total. The van der Waals surface area contributed by atoms with Crippen molar-refractivity contribution >= 4 is 11.8 Å². The lowest BCUT2D eigenvalue weighted by molar-refractivity contribution is -0.138. The Morgan fingerprint density at radius 1 is 1.20 bits per heavy atom. The van der Waals surface area contributed by atoms with Gasteiger partial charge in [-0.15, -0.1) is 0 Å². The van der Waals surface area contributed by atoms with Crippen LogP contribution in [-0.4, -0.2) is 71.2 Å². The Hall–Kier alpha value is -1.89. The van der Waals surface area contributed by atoms with Gasteiger partial charge in [0, 0.05) is 51.0 Å². The van der Waals surface area contributed by atoms with E-state index in [1.807, 2.05) is 15.9 Å². The second kappa shape index (κ2) is 8.47. The number of hydrogen-bond donors (Lipinski definition) is 1. The second-order valence-corrected chi connectivity index (χ2v) is 6.89. The summed E-state index contributed by atoms with van der Waals surface area (Å²) in [6.45, 7) is 6.02. The Kier molecular flexibility index (Phi) is 6.07. The minimum absolute atomic E-state index is 0.0426. The van der Waals surface area contributed by atoms with E-state index in [0.717, 1.165) is 44.3 Å². The average Bonchev–Trinajstić information content (AvgIpc) is 2.97. The molecule has 0 saturated carbocycles. The van der Waals surface area contributed by atoms with Gasteiger partial charge in [-0.25, -0.2) is 0 Å². The number of aryl methyl sites for hydroxylation is 1. The summed E-state index contributed by atoms with van der Waals surface area (Å²) in [6.07, 6.45) is 4.35. The summed E-state index contributed by atoms with van der Waals surface area (Å²) >= 11 is 0. The molecule has 3 heterocycles. The van der Waals surface area contributed by atoms with E-state index in [2.05, 4.69) is 17.1 Å². The average molecular weight is 348 g/mol. The van der Waals surface area contributed by atoms with Crippen LogP contribution in [0, 0.1) is 5.92 Å². The largest absolute Gasteiger partial charge is 0.381 e. The fraction of sp³-hybridized carbons (Fsp3) is 0.722. The van der Waals surface area contributed by atoms with Crippen molar-refractivity contribution in [1.82, 2.24) is 20.0 Å². The molecule has 2 saturated heterocycles. The van der Waals surface area contributed by atoms with Crippen LogP contribution >= 0.6 is 0 Å². The molecule has 2 fully saturated rings. The SMILES string of the molecule is CCCc1cc(C(=O)N2CCCN(C(=O)C3CCOCC3)CC2)n[nH]1. The first kappa shape index (κ1) is 17.9. The molecule has 2 amide bonds. The maximum absolute atomic E-state index is 12.7. The fourth-order valence-electron chi connectivity index (χ4n) is 3.57. The highest BCUT2D eigenvalue weighted by Crippen LogP contribution is 2.19. The summed E-state index contributed by atoms with van der Waals surface area (Å²) in [6, 6.07) is 1.85. The molecule has 0 atom stereocenters. The van der Waals surface area contributed by atoms with Gasteiger partial charge in [-0.2, -0.15) is 5.10 Å². The Labute approximate surface area is 148 Å². The third kappa shape index (κ3) is 4.39. The summed E-state index contributed by atoms with van der Waals surface area (Å²) in [5, 5.41) is 7.10. The van der Waals surface area contributed by atoms with Crippen LogP contribution in [0.4, 0.5) is 0 Å². The van der Waals surface area contributed by atoms with Crippen LogP contribution in [0.5, 0.6) is 0 Å². The Bertz CT molecular complexity index is 595. The Morgan fingerprint density at radius 2 is 1.92 bits per heavy atom. The Balaban J connectivity index is 1.56. The summed E-state index contributed by atoms with van der Waals surface area (Å²) in [5.74, 6) is 0.264. The third-order valence-corrected chi connectivity index (χ3v) is 5.03. The predicted octanol–water partition coefficient (Wildman–Crippen LogP) is 1.46. The highest BCUT2D eigenvalue weighted by molar-refractivity contribution is 5.92. The summed E-state index contributed by atoms with van der Waals surface area (Å²) < 4.78 is 5.35. The van der Waals surface area contributed by atoms with E-state index < -0.39 is 0 Å². The van der Waals surface area contributed by atoms with Crippen molar-refractivity contribution < 1.29 is 14.3 Å². The molecule has 1 aromatic heterocycles. The van der Waals surface area contributed by atoms with Crippen molar-refractivity contribution in [1.29, 1.82) is 0 Å². The number of amides is 2. The van der Waals surface area contributed by atoms with Crippen LogP contribution < -0.4 is 0 Å². The van der Waals surface area contributed by atoms with Gasteiger partial charge in [-0.05, 0) is 31.7 Å². The first-order chi connectivity index (χ1) is 12.2.